The number of ether oxygens (including phenoxy) is 5. The van der Waals surface area contributed by atoms with Gasteiger partial charge in [0.05, 0.1) is 38.4 Å². The first-order valence-corrected chi connectivity index (χ1v) is 11.3. The lowest BCUT2D eigenvalue weighted by molar-refractivity contribution is -0.108. The van der Waals surface area contributed by atoms with E-state index >= 15 is 0 Å². The van der Waals surface area contributed by atoms with Crippen molar-refractivity contribution in [2.75, 3.05) is 66.1 Å². The Bertz CT molecular complexity index is 472. The lowest BCUT2D eigenvalue weighted by atomic mass is 9.92. The van der Waals surface area contributed by atoms with Crippen LogP contribution in [0.25, 0.3) is 0 Å². The number of benzene rings is 1. The van der Waals surface area contributed by atoms with Crippen molar-refractivity contribution in [3.05, 3.63) is 35.9 Å². The molecule has 6 nitrogen and oxygen atoms in total. The lowest BCUT2D eigenvalue weighted by Gasteiger charge is -2.33. The highest BCUT2D eigenvalue weighted by molar-refractivity contribution is 5.13. The molecule has 0 aliphatic heterocycles. The molecule has 0 amide bonds. The van der Waals surface area contributed by atoms with Crippen LogP contribution in [0.1, 0.15) is 45.1 Å². The number of hydrogen-bond acceptors (Lipinski definition) is 6. The van der Waals surface area contributed by atoms with Gasteiger partial charge in [0, 0.05) is 39.6 Å². The van der Waals surface area contributed by atoms with Crippen molar-refractivity contribution in [1.82, 2.24) is 0 Å². The predicted octanol–water partition coefficient (Wildman–Crippen LogP) is 3.85. The van der Waals surface area contributed by atoms with E-state index in [0.717, 1.165) is 19.3 Å². The molecule has 0 aliphatic carbocycles. The van der Waals surface area contributed by atoms with Crippen LogP contribution in [0.4, 0.5) is 0 Å². The molecule has 174 valence electrons. The minimum Gasteiger partial charge on any atom is -0.396 e. The number of rotatable bonds is 21. The first-order valence-electron chi connectivity index (χ1n) is 11.3. The Morgan fingerprint density at radius 2 is 1.17 bits per heavy atom. The smallest absolute Gasteiger partial charge is 0.0716 e. The van der Waals surface area contributed by atoms with Crippen molar-refractivity contribution in [2.24, 2.45) is 5.41 Å². The van der Waals surface area contributed by atoms with Gasteiger partial charge in [0.1, 0.15) is 0 Å². The molecule has 1 aromatic rings. The summed E-state index contributed by atoms with van der Waals surface area (Å²) in [5.41, 5.74) is 0.837. The van der Waals surface area contributed by atoms with E-state index in [-0.39, 0.29) is 12.0 Å². The van der Waals surface area contributed by atoms with Crippen molar-refractivity contribution in [2.45, 2.75) is 46.1 Å². The third-order valence-corrected chi connectivity index (χ3v) is 4.47. The Kier molecular flexibility index (Phi) is 16.9. The summed E-state index contributed by atoms with van der Waals surface area (Å²) in [6.07, 6.45) is 3.40. The van der Waals surface area contributed by atoms with Gasteiger partial charge < -0.3 is 28.8 Å². The molecule has 0 atom stereocenters. The first kappa shape index (κ1) is 27.0. The third-order valence-electron chi connectivity index (χ3n) is 4.47. The van der Waals surface area contributed by atoms with Gasteiger partial charge in [-0.1, -0.05) is 44.2 Å². The molecule has 0 spiro atoms. The van der Waals surface area contributed by atoms with E-state index in [1.165, 1.54) is 5.56 Å². The fraction of sp³-hybridized carbons (Fsp3) is 0.750. The molecule has 1 aromatic carbocycles. The summed E-state index contributed by atoms with van der Waals surface area (Å²) in [4.78, 5) is 0. The fourth-order valence-electron chi connectivity index (χ4n) is 2.89. The van der Waals surface area contributed by atoms with Gasteiger partial charge in [0.25, 0.3) is 0 Å². The van der Waals surface area contributed by atoms with Gasteiger partial charge in [-0.25, -0.2) is 0 Å². The van der Waals surface area contributed by atoms with Crippen molar-refractivity contribution >= 4 is 0 Å². The fourth-order valence-corrected chi connectivity index (χ4v) is 2.89. The highest BCUT2D eigenvalue weighted by Gasteiger charge is 2.32. The molecule has 0 radical (unpaired) electrons. The molecule has 0 heterocycles. The molecule has 0 aromatic heterocycles. The highest BCUT2D eigenvalue weighted by atomic mass is 16.5. The van der Waals surface area contributed by atoms with Crippen molar-refractivity contribution < 1.29 is 28.8 Å². The highest BCUT2D eigenvalue weighted by Crippen LogP contribution is 2.21. The van der Waals surface area contributed by atoms with E-state index in [4.69, 9.17) is 28.8 Å². The van der Waals surface area contributed by atoms with Gasteiger partial charge >= 0.3 is 0 Å². The SMILES string of the molecule is CCCOCC(COCCC)(COCCCO)COCCCOCc1ccccc1. The van der Waals surface area contributed by atoms with Crippen LogP contribution in [-0.2, 0) is 30.3 Å². The van der Waals surface area contributed by atoms with Crippen LogP contribution in [0.3, 0.4) is 0 Å². The monoisotopic (exact) mass is 426 g/mol. The predicted molar refractivity (Wildman–Crippen MR) is 119 cm³/mol. The Hall–Kier alpha value is -1.02. The van der Waals surface area contributed by atoms with Gasteiger partial charge in [0.15, 0.2) is 0 Å². The lowest BCUT2D eigenvalue weighted by Crippen LogP contribution is -2.42. The van der Waals surface area contributed by atoms with E-state index in [2.05, 4.69) is 26.0 Å². The Morgan fingerprint density at radius 3 is 1.70 bits per heavy atom. The van der Waals surface area contributed by atoms with Gasteiger partial charge in [-0.05, 0) is 31.2 Å². The maximum Gasteiger partial charge on any atom is 0.0716 e. The van der Waals surface area contributed by atoms with Crippen LogP contribution in [0.5, 0.6) is 0 Å². The maximum absolute atomic E-state index is 8.99. The zero-order valence-corrected chi connectivity index (χ0v) is 19.0. The second-order valence-corrected chi connectivity index (χ2v) is 7.68. The Labute approximate surface area is 182 Å². The standard InChI is InChI=1S/C24H42O6/c1-3-13-27-19-24(20-28-14-4-2,21-29-15-8-12-25)22-30-17-9-16-26-18-23-10-6-5-7-11-23/h5-7,10-11,25H,3-4,8-9,12-22H2,1-2H3. The molecule has 0 saturated carbocycles. The minimum atomic E-state index is -0.343. The van der Waals surface area contributed by atoms with Crippen LogP contribution in [0.15, 0.2) is 30.3 Å². The average Bonchev–Trinajstić information content (AvgIpc) is 2.77. The Morgan fingerprint density at radius 1 is 0.667 bits per heavy atom. The van der Waals surface area contributed by atoms with Gasteiger partial charge in [-0.15, -0.1) is 0 Å². The molecule has 0 unspecified atom stereocenters. The zero-order chi connectivity index (χ0) is 21.8. The summed E-state index contributed by atoms with van der Waals surface area (Å²) >= 11 is 0. The average molecular weight is 427 g/mol. The molecule has 0 saturated heterocycles. The van der Waals surface area contributed by atoms with Gasteiger partial charge in [-0.2, -0.15) is 0 Å². The molecule has 0 aliphatic rings. The van der Waals surface area contributed by atoms with Crippen molar-refractivity contribution in [3.63, 3.8) is 0 Å². The van der Waals surface area contributed by atoms with Crippen molar-refractivity contribution in [3.8, 4) is 0 Å². The van der Waals surface area contributed by atoms with Crippen LogP contribution >= 0.6 is 0 Å². The molecule has 0 fully saturated rings. The summed E-state index contributed by atoms with van der Waals surface area (Å²) < 4.78 is 29.3. The topological polar surface area (TPSA) is 66.4 Å². The van der Waals surface area contributed by atoms with E-state index in [9.17, 15) is 0 Å². The van der Waals surface area contributed by atoms with Crippen LogP contribution < -0.4 is 0 Å². The molecule has 30 heavy (non-hydrogen) atoms. The van der Waals surface area contributed by atoms with E-state index in [0.29, 0.717) is 72.5 Å². The van der Waals surface area contributed by atoms with E-state index in [1.54, 1.807) is 0 Å². The normalized spacial score (nSPS) is 11.8. The summed E-state index contributed by atoms with van der Waals surface area (Å²) in [6.45, 7) is 10.2. The van der Waals surface area contributed by atoms with Crippen LogP contribution in [-0.4, -0.2) is 71.2 Å². The number of aliphatic hydroxyl groups is 1. The number of hydrogen-bond donors (Lipinski definition) is 1. The second kappa shape index (κ2) is 18.7. The van der Waals surface area contributed by atoms with Crippen LogP contribution in [0, 0.1) is 5.41 Å². The van der Waals surface area contributed by atoms with Crippen LogP contribution in [0.2, 0.25) is 0 Å². The summed E-state index contributed by atoms with van der Waals surface area (Å²) in [6, 6.07) is 10.2. The molecule has 0 bridgehead atoms. The van der Waals surface area contributed by atoms with E-state index < -0.39 is 0 Å². The quantitative estimate of drug-likeness (QED) is 0.301. The first-order chi connectivity index (χ1) is 14.8. The zero-order valence-electron chi connectivity index (χ0n) is 19.0. The van der Waals surface area contributed by atoms with Crippen molar-refractivity contribution in [1.29, 1.82) is 0 Å². The molecule has 6 heteroatoms. The van der Waals surface area contributed by atoms with E-state index in [1.807, 2.05) is 18.2 Å². The summed E-state index contributed by atoms with van der Waals surface area (Å²) in [7, 11) is 0. The minimum absolute atomic E-state index is 0.130. The third kappa shape index (κ3) is 13.3. The van der Waals surface area contributed by atoms with Gasteiger partial charge in [0.2, 0.25) is 0 Å². The maximum atomic E-state index is 8.99. The summed E-state index contributed by atoms with van der Waals surface area (Å²) in [5.74, 6) is 0. The molecular weight excluding hydrogens is 384 g/mol. The molecule has 1 N–H and O–H groups in total. The second-order valence-electron chi connectivity index (χ2n) is 7.68. The molecular formula is C24H42O6. The van der Waals surface area contributed by atoms with Gasteiger partial charge in [-0.3, -0.25) is 0 Å². The summed E-state index contributed by atoms with van der Waals surface area (Å²) in [5, 5.41) is 8.99. The number of aliphatic hydroxyl groups excluding tert-OH is 1. The molecule has 1 rings (SSSR count). The largest absolute Gasteiger partial charge is 0.396 e. The Balaban J connectivity index is 2.41.